The number of aliphatic carboxylic acids is 1. The molecule has 0 aromatic rings. The number of ether oxygens (including phenoxy) is 1. The molecule has 1 atom stereocenters. The zero-order chi connectivity index (χ0) is 11.2. The monoisotopic (exact) mass is 233 g/mol. The molecule has 0 saturated heterocycles. The average molecular weight is 233 g/mol. The Morgan fingerprint density at radius 1 is 1.57 bits per heavy atom. The van der Waals surface area contributed by atoms with E-state index >= 15 is 0 Å². The normalized spacial score (nSPS) is 14.0. The summed E-state index contributed by atoms with van der Waals surface area (Å²) in [6, 6.07) is -1.05. The first-order chi connectivity index (χ1) is 6.33. The van der Waals surface area contributed by atoms with Gasteiger partial charge in [0.15, 0.2) is 0 Å². The highest BCUT2D eigenvalue weighted by molar-refractivity contribution is 7.99. The molecule has 84 valence electrons. The number of carboxylic acids is 1. The molecule has 0 aromatic carbocycles. The molecular formula is C6H10F3NO3S. The maximum Gasteiger partial charge on any atom is 0.522 e. The van der Waals surface area contributed by atoms with E-state index in [1.165, 1.54) is 0 Å². The molecule has 1 unspecified atom stereocenters. The van der Waals surface area contributed by atoms with Crippen LogP contribution in [0, 0.1) is 0 Å². The van der Waals surface area contributed by atoms with Gasteiger partial charge in [0.25, 0.3) is 0 Å². The molecule has 3 N–H and O–H groups in total. The zero-order valence-corrected chi connectivity index (χ0v) is 7.90. The van der Waals surface area contributed by atoms with Crippen LogP contribution in [0.15, 0.2) is 0 Å². The van der Waals surface area contributed by atoms with Gasteiger partial charge >= 0.3 is 12.3 Å². The van der Waals surface area contributed by atoms with Crippen molar-refractivity contribution in [3.63, 3.8) is 0 Å². The number of nitrogens with two attached hydrogens (primary N) is 1. The van der Waals surface area contributed by atoms with Crippen LogP contribution in [0.3, 0.4) is 0 Å². The van der Waals surface area contributed by atoms with Crippen molar-refractivity contribution in [1.82, 2.24) is 0 Å². The number of hydrogen-bond acceptors (Lipinski definition) is 4. The van der Waals surface area contributed by atoms with Crippen molar-refractivity contribution in [3.05, 3.63) is 0 Å². The number of alkyl halides is 3. The van der Waals surface area contributed by atoms with Crippen LogP contribution in [0.1, 0.15) is 0 Å². The second-order valence-corrected chi connectivity index (χ2v) is 3.46. The summed E-state index contributed by atoms with van der Waals surface area (Å²) >= 11 is 1.000. The van der Waals surface area contributed by atoms with Crippen LogP contribution in [0.25, 0.3) is 0 Å². The summed E-state index contributed by atoms with van der Waals surface area (Å²) in [6.07, 6.45) is -4.63. The van der Waals surface area contributed by atoms with Crippen LogP contribution in [0.2, 0.25) is 0 Å². The molecule has 0 aliphatic heterocycles. The van der Waals surface area contributed by atoms with E-state index in [0.29, 0.717) is 0 Å². The topological polar surface area (TPSA) is 72.5 Å². The largest absolute Gasteiger partial charge is 0.522 e. The SMILES string of the molecule is NC(CSCCOC(F)(F)F)C(=O)O. The van der Waals surface area contributed by atoms with Crippen LogP contribution in [0.4, 0.5) is 13.2 Å². The lowest BCUT2D eigenvalue weighted by Crippen LogP contribution is -2.32. The predicted octanol–water partition coefficient (Wildman–Crippen LogP) is 0.668. The van der Waals surface area contributed by atoms with Gasteiger partial charge < -0.3 is 10.8 Å². The molecule has 0 saturated carbocycles. The molecule has 0 heterocycles. The van der Waals surface area contributed by atoms with Crippen molar-refractivity contribution in [2.75, 3.05) is 18.1 Å². The van der Waals surface area contributed by atoms with Crippen molar-refractivity contribution in [1.29, 1.82) is 0 Å². The summed E-state index contributed by atoms with van der Waals surface area (Å²) in [5.41, 5.74) is 5.10. The van der Waals surface area contributed by atoms with E-state index in [9.17, 15) is 18.0 Å². The summed E-state index contributed by atoms with van der Waals surface area (Å²) < 4.78 is 37.7. The van der Waals surface area contributed by atoms with E-state index in [-0.39, 0.29) is 11.5 Å². The van der Waals surface area contributed by atoms with Gasteiger partial charge in [-0.2, -0.15) is 11.8 Å². The fourth-order valence-corrected chi connectivity index (χ4v) is 1.26. The Balaban J connectivity index is 3.35. The lowest BCUT2D eigenvalue weighted by Gasteiger charge is -2.08. The smallest absolute Gasteiger partial charge is 0.480 e. The quantitative estimate of drug-likeness (QED) is 0.659. The number of rotatable bonds is 6. The molecule has 0 radical (unpaired) electrons. The van der Waals surface area contributed by atoms with Gasteiger partial charge in [0.1, 0.15) is 6.04 Å². The van der Waals surface area contributed by atoms with E-state index in [4.69, 9.17) is 10.8 Å². The van der Waals surface area contributed by atoms with Crippen molar-refractivity contribution < 1.29 is 27.8 Å². The standard InChI is InChI=1S/C6H10F3NO3S/c7-6(8,9)13-1-2-14-3-4(10)5(11)12/h4H,1-3,10H2,(H,11,12). The summed E-state index contributed by atoms with van der Waals surface area (Å²) in [4.78, 5) is 10.2. The van der Waals surface area contributed by atoms with Gasteiger partial charge in [0.05, 0.1) is 6.61 Å². The first kappa shape index (κ1) is 13.5. The molecule has 14 heavy (non-hydrogen) atoms. The summed E-state index contributed by atoms with van der Waals surface area (Å²) in [5.74, 6) is -1.05. The van der Waals surface area contributed by atoms with E-state index in [1.807, 2.05) is 0 Å². The maximum absolute atomic E-state index is 11.4. The Morgan fingerprint density at radius 2 is 2.14 bits per heavy atom. The van der Waals surface area contributed by atoms with Gasteiger partial charge in [0, 0.05) is 11.5 Å². The highest BCUT2D eigenvalue weighted by Crippen LogP contribution is 2.16. The van der Waals surface area contributed by atoms with Crippen molar-refractivity contribution in [2.24, 2.45) is 5.73 Å². The van der Waals surface area contributed by atoms with E-state index in [2.05, 4.69) is 4.74 Å². The third-order valence-electron chi connectivity index (χ3n) is 1.11. The Morgan fingerprint density at radius 3 is 2.57 bits per heavy atom. The summed E-state index contributed by atoms with van der Waals surface area (Å²) in [7, 11) is 0. The van der Waals surface area contributed by atoms with Gasteiger partial charge in [-0.1, -0.05) is 0 Å². The number of carboxylic acid groups (broad SMARTS) is 1. The van der Waals surface area contributed by atoms with Crippen LogP contribution in [-0.4, -0.2) is 41.6 Å². The molecule has 0 amide bonds. The molecule has 0 bridgehead atoms. The number of carbonyl (C=O) groups is 1. The van der Waals surface area contributed by atoms with Gasteiger partial charge in [-0.25, -0.2) is 0 Å². The lowest BCUT2D eigenvalue weighted by atomic mass is 10.4. The number of thioether (sulfide) groups is 1. The van der Waals surface area contributed by atoms with Crippen LogP contribution < -0.4 is 5.73 Å². The minimum Gasteiger partial charge on any atom is -0.480 e. The van der Waals surface area contributed by atoms with Crippen molar-refractivity contribution >= 4 is 17.7 Å². The van der Waals surface area contributed by atoms with Crippen LogP contribution in [-0.2, 0) is 9.53 Å². The van der Waals surface area contributed by atoms with Crippen molar-refractivity contribution in [2.45, 2.75) is 12.4 Å². The van der Waals surface area contributed by atoms with Gasteiger partial charge in [-0.15, -0.1) is 13.2 Å². The van der Waals surface area contributed by atoms with E-state index < -0.39 is 25.0 Å². The van der Waals surface area contributed by atoms with Crippen LogP contribution in [0.5, 0.6) is 0 Å². The molecule has 4 nitrogen and oxygen atoms in total. The fraction of sp³-hybridized carbons (Fsp3) is 0.833. The first-order valence-corrected chi connectivity index (χ1v) is 4.75. The van der Waals surface area contributed by atoms with Crippen molar-refractivity contribution in [3.8, 4) is 0 Å². The average Bonchev–Trinajstić information content (AvgIpc) is 2.01. The Bertz CT molecular complexity index is 188. The molecule has 0 spiro atoms. The maximum atomic E-state index is 11.4. The molecule has 0 rings (SSSR count). The summed E-state index contributed by atoms with van der Waals surface area (Å²) in [6.45, 7) is -0.499. The highest BCUT2D eigenvalue weighted by Gasteiger charge is 2.28. The Hall–Kier alpha value is -0.470. The third kappa shape index (κ3) is 8.14. The minimum absolute atomic E-state index is 0.0560. The van der Waals surface area contributed by atoms with E-state index in [0.717, 1.165) is 11.8 Å². The molecule has 8 heteroatoms. The van der Waals surface area contributed by atoms with Gasteiger partial charge in [-0.05, 0) is 0 Å². The number of halogens is 3. The third-order valence-corrected chi connectivity index (χ3v) is 2.16. The number of hydrogen-bond donors (Lipinski definition) is 2. The molecular weight excluding hydrogens is 223 g/mol. The zero-order valence-electron chi connectivity index (χ0n) is 7.08. The summed E-state index contributed by atoms with van der Waals surface area (Å²) in [5, 5.41) is 8.32. The lowest BCUT2D eigenvalue weighted by molar-refractivity contribution is -0.322. The second kappa shape index (κ2) is 6.10. The predicted molar refractivity (Wildman–Crippen MR) is 44.9 cm³/mol. The van der Waals surface area contributed by atoms with Gasteiger partial charge in [-0.3, -0.25) is 9.53 Å². The molecule has 0 fully saturated rings. The fourth-order valence-electron chi connectivity index (χ4n) is 0.498. The van der Waals surface area contributed by atoms with E-state index in [1.54, 1.807) is 0 Å². The minimum atomic E-state index is -4.63. The second-order valence-electron chi connectivity index (χ2n) is 2.31. The highest BCUT2D eigenvalue weighted by atomic mass is 32.2. The molecule has 0 aromatic heterocycles. The Kier molecular flexibility index (Phi) is 5.89. The van der Waals surface area contributed by atoms with Gasteiger partial charge in [0.2, 0.25) is 0 Å². The Labute approximate surface area is 82.6 Å². The molecule has 0 aliphatic carbocycles. The molecule has 0 aliphatic rings. The van der Waals surface area contributed by atoms with Crippen LogP contribution >= 0.6 is 11.8 Å². The first-order valence-electron chi connectivity index (χ1n) is 3.60.